The smallest absolute Gasteiger partial charge is 0.266 e. The lowest BCUT2D eigenvalue weighted by Crippen LogP contribution is -2.27. The highest BCUT2D eigenvalue weighted by Crippen LogP contribution is 2.35. The summed E-state index contributed by atoms with van der Waals surface area (Å²) in [5.74, 6) is 2.11. The van der Waals surface area contributed by atoms with E-state index in [-0.39, 0.29) is 5.91 Å². The van der Waals surface area contributed by atoms with Crippen molar-refractivity contribution in [3.05, 3.63) is 70.6 Å². The Labute approximate surface area is 205 Å². The first-order valence-electron chi connectivity index (χ1n) is 10.9. The maximum Gasteiger partial charge on any atom is 0.266 e. The Hall–Kier alpha value is -2.77. The number of nitrogens with zero attached hydrogens (tertiary/aromatic N) is 1. The second-order valence-electron chi connectivity index (χ2n) is 7.54. The van der Waals surface area contributed by atoms with E-state index in [1.807, 2.05) is 44.2 Å². The molecule has 1 amide bonds. The lowest BCUT2D eigenvalue weighted by atomic mass is 10.1. The van der Waals surface area contributed by atoms with Crippen molar-refractivity contribution in [2.45, 2.75) is 27.2 Å². The molecule has 0 aromatic heterocycles. The molecule has 1 aliphatic rings. The van der Waals surface area contributed by atoms with Crippen molar-refractivity contribution in [3.63, 3.8) is 0 Å². The van der Waals surface area contributed by atoms with Gasteiger partial charge < -0.3 is 14.2 Å². The summed E-state index contributed by atoms with van der Waals surface area (Å²) in [5.41, 5.74) is 3.15. The van der Waals surface area contributed by atoms with E-state index in [4.69, 9.17) is 26.4 Å². The zero-order chi connectivity index (χ0) is 23.8. The number of ether oxygens (including phenoxy) is 3. The van der Waals surface area contributed by atoms with Crippen LogP contribution in [0.4, 0.5) is 0 Å². The molecule has 1 saturated heterocycles. The van der Waals surface area contributed by atoms with E-state index in [1.54, 1.807) is 11.0 Å². The van der Waals surface area contributed by atoms with E-state index in [0.29, 0.717) is 47.1 Å². The van der Waals surface area contributed by atoms with E-state index >= 15 is 0 Å². The predicted octanol–water partition coefficient (Wildman–Crippen LogP) is 5.94. The van der Waals surface area contributed by atoms with Gasteiger partial charge in [0.25, 0.3) is 5.91 Å². The molecule has 33 heavy (non-hydrogen) atoms. The van der Waals surface area contributed by atoms with Gasteiger partial charge in [-0.3, -0.25) is 9.69 Å². The summed E-state index contributed by atoms with van der Waals surface area (Å²) in [4.78, 5) is 14.7. The number of carbonyl (C=O) groups is 1. The number of aryl methyl sites for hydroxylation is 2. The van der Waals surface area contributed by atoms with Crippen LogP contribution in [0.2, 0.25) is 0 Å². The molecule has 0 aliphatic carbocycles. The van der Waals surface area contributed by atoms with Crippen LogP contribution in [-0.2, 0) is 4.79 Å². The van der Waals surface area contributed by atoms with Gasteiger partial charge in [-0.1, -0.05) is 48.3 Å². The number of thioether (sulfide) groups is 1. The van der Waals surface area contributed by atoms with E-state index in [2.05, 4.69) is 25.6 Å². The van der Waals surface area contributed by atoms with Crippen molar-refractivity contribution in [2.24, 2.45) is 0 Å². The number of carbonyl (C=O) groups excluding carboxylic acids is 1. The Balaban J connectivity index is 1.60. The Kier molecular flexibility index (Phi) is 8.97. The summed E-state index contributed by atoms with van der Waals surface area (Å²) in [6, 6.07) is 11.8. The average molecular weight is 484 g/mol. The van der Waals surface area contributed by atoms with Gasteiger partial charge >= 0.3 is 0 Å². The van der Waals surface area contributed by atoms with Crippen LogP contribution in [0.5, 0.6) is 17.2 Å². The van der Waals surface area contributed by atoms with Crippen LogP contribution >= 0.6 is 24.0 Å². The molecule has 1 fully saturated rings. The summed E-state index contributed by atoms with van der Waals surface area (Å²) >= 11 is 6.60. The van der Waals surface area contributed by atoms with Gasteiger partial charge in [0.05, 0.1) is 24.7 Å². The van der Waals surface area contributed by atoms with Crippen LogP contribution in [0.3, 0.4) is 0 Å². The molecule has 0 atom stereocenters. The molecule has 0 bridgehead atoms. The zero-order valence-corrected chi connectivity index (χ0v) is 20.9. The van der Waals surface area contributed by atoms with Gasteiger partial charge in [0.2, 0.25) is 0 Å². The maximum absolute atomic E-state index is 12.6. The Bertz CT molecular complexity index is 1060. The Morgan fingerprint density at radius 3 is 2.52 bits per heavy atom. The van der Waals surface area contributed by atoms with Crippen LogP contribution in [0, 0.1) is 13.8 Å². The van der Waals surface area contributed by atoms with Gasteiger partial charge in [-0.15, -0.1) is 6.58 Å². The third-order valence-corrected chi connectivity index (χ3v) is 6.28. The van der Waals surface area contributed by atoms with Gasteiger partial charge in [0.1, 0.15) is 10.1 Å². The van der Waals surface area contributed by atoms with Crippen LogP contribution in [-0.4, -0.2) is 41.5 Å². The Morgan fingerprint density at radius 2 is 1.79 bits per heavy atom. The summed E-state index contributed by atoms with van der Waals surface area (Å²) in [6.45, 7) is 11.7. The summed E-state index contributed by atoms with van der Waals surface area (Å²) in [7, 11) is 0. The Morgan fingerprint density at radius 1 is 1.03 bits per heavy atom. The van der Waals surface area contributed by atoms with Gasteiger partial charge in [-0.25, -0.2) is 0 Å². The molecular weight excluding hydrogens is 454 g/mol. The largest absolute Gasteiger partial charge is 0.493 e. The van der Waals surface area contributed by atoms with Crippen LogP contribution < -0.4 is 14.2 Å². The zero-order valence-electron chi connectivity index (χ0n) is 19.3. The number of hydrogen-bond acceptors (Lipinski definition) is 6. The summed E-state index contributed by atoms with van der Waals surface area (Å²) in [5, 5.41) is 0. The topological polar surface area (TPSA) is 48.0 Å². The predicted molar refractivity (Wildman–Crippen MR) is 139 cm³/mol. The van der Waals surface area contributed by atoms with Gasteiger partial charge in [-0.05, 0) is 61.7 Å². The van der Waals surface area contributed by atoms with Crippen molar-refractivity contribution in [1.82, 2.24) is 4.90 Å². The molecule has 0 spiro atoms. The minimum Gasteiger partial charge on any atom is -0.493 e. The van der Waals surface area contributed by atoms with Crippen LogP contribution in [0.1, 0.15) is 30.0 Å². The van der Waals surface area contributed by atoms with Gasteiger partial charge in [-0.2, -0.15) is 0 Å². The molecule has 0 unspecified atom stereocenters. The fourth-order valence-electron chi connectivity index (χ4n) is 3.23. The summed E-state index contributed by atoms with van der Waals surface area (Å²) in [6.07, 6.45) is 4.24. The van der Waals surface area contributed by atoms with Gasteiger partial charge in [0.15, 0.2) is 11.5 Å². The van der Waals surface area contributed by atoms with E-state index < -0.39 is 0 Å². The first kappa shape index (κ1) is 24.9. The monoisotopic (exact) mass is 483 g/mol. The SMILES string of the molecule is C=CCN1C(=O)/C(=C\c2ccc(OCCCOc3cc(C)ccc3C)c(OCC)c2)SC1=S. The number of rotatable bonds is 11. The number of hydrogen-bond donors (Lipinski definition) is 0. The van der Waals surface area contributed by atoms with E-state index in [0.717, 1.165) is 23.3 Å². The second kappa shape index (κ2) is 11.9. The first-order valence-corrected chi connectivity index (χ1v) is 12.1. The molecule has 7 heteroatoms. The number of amides is 1. The van der Waals surface area contributed by atoms with Crippen molar-refractivity contribution >= 4 is 40.3 Å². The fraction of sp³-hybridized carbons (Fsp3) is 0.308. The fourth-order valence-corrected chi connectivity index (χ4v) is 4.50. The molecular formula is C26H29NO4S2. The molecule has 2 aromatic carbocycles. The lowest BCUT2D eigenvalue weighted by Gasteiger charge is -2.14. The van der Waals surface area contributed by atoms with E-state index in [1.165, 1.54) is 17.3 Å². The molecule has 1 aliphatic heterocycles. The second-order valence-corrected chi connectivity index (χ2v) is 9.22. The highest BCUT2D eigenvalue weighted by molar-refractivity contribution is 8.26. The van der Waals surface area contributed by atoms with Crippen LogP contribution in [0.15, 0.2) is 54.0 Å². The molecule has 1 heterocycles. The molecule has 5 nitrogen and oxygen atoms in total. The number of benzene rings is 2. The third-order valence-electron chi connectivity index (χ3n) is 4.90. The van der Waals surface area contributed by atoms with Crippen molar-refractivity contribution in [2.75, 3.05) is 26.4 Å². The van der Waals surface area contributed by atoms with E-state index in [9.17, 15) is 4.79 Å². The third kappa shape index (κ3) is 6.62. The lowest BCUT2D eigenvalue weighted by molar-refractivity contribution is -0.121. The standard InChI is InChI=1S/C26H29NO4S2/c1-5-12-27-25(28)24(33-26(27)32)17-20-10-11-21(23(16-20)29-6-2)30-13-7-14-31-22-15-18(3)8-9-19(22)4/h5,8-11,15-17H,1,6-7,12-14H2,2-4H3/b24-17+. The maximum atomic E-state index is 12.6. The molecule has 0 N–H and O–H groups in total. The van der Waals surface area contributed by atoms with Gasteiger partial charge in [0, 0.05) is 13.0 Å². The average Bonchev–Trinajstić information content (AvgIpc) is 3.05. The van der Waals surface area contributed by atoms with Crippen molar-refractivity contribution in [3.8, 4) is 17.2 Å². The molecule has 3 rings (SSSR count). The number of thiocarbonyl (C=S) groups is 1. The quantitative estimate of drug-likeness (QED) is 0.171. The molecule has 2 aromatic rings. The molecule has 0 radical (unpaired) electrons. The van der Waals surface area contributed by atoms with Crippen LogP contribution in [0.25, 0.3) is 6.08 Å². The highest BCUT2D eigenvalue weighted by Gasteiger charge is 2.31. The normalized spacial score (nSPS) is 14.6. The first-order chi connectivity index (χ1) is 15.9. The van der Waals surface area contributed by atoms with Crippen molar-refractivity contribution < 1.29 is 19.0 Å². The minimum absolute atomic E-state index is 0.105. The van der Waals surface area contributed by atoms with Crippen molar-refractivity contribution in [1.29, 1.82) is 0 Å². The summed E-state index contributed by atoms with van der Waals surface area (Å²) < 4.78 is 18.2. The molecule has 0 saturated carbocycles. The molecule has 174 valence electrons. The highest BCUT2D eigenvalue weighted by atomic mass is 32.2. The minimum atomic E-state index is -0.105.